The molecule has 1 aromatic heterocycles. The number of aliphatic hydroxyl groups excluding tert-OH is 1. The number of anilines is 1. The number of nitrogens with zero attached hydrogens (tertiary/aromatic N) is 1. The van der Waals surface area contributed by atoms with E-state index in [4.69, 9.17) is 17.3 Å². The van der Waals surface area contributed by atoms with Crippen molar-refractivity contribution in [3.05, 3.63) is 80.4 Å². The molecule has 1 aliphatic heterocycles. The maximum absolute atomic E-state index is 13.3. The molecule has 2 heterocycles. The lowest BCUT2D eigenvalue weighted by molar-refractivity contribution is -0.143. The second-order valence-electron chi connectivity index (χ2n) is 8.82. The smallest absolute Gasteiger partial charge is 0.416 e. The molecule has 1 atom stereocenters. The third-order valence-corrected chi connectivity index (χ3v) is 8.01. The predicted octanol–water partition coefficient (Wildman–Crippen LogP) is 6.33. The number of carbonyl (C=O) groups is 2. The van der Waals surface area contributed by atoms with Crippen molar-refractivity contribution in [3.63, 3.8) is 0 Å². The molecule has 222 valence electrons. The van der Waals surface area contributed by atoms with Gasteiger partial charge in [0.25, 0.3) is 5.91 Å². The van der Waals surface area contributed by atoms with E-state index in [9.17, 15) is 41.0 Å². The van der Waals surface area contributed by atoms with Crippen molar-refractivity contribution < 1.29 is 46.1 Å². The van der Waals surface area contributed by atoms with E-state index < -0.39 is 41.4 Å². The van der Waals surface area contributed by atoms with Gasteiger partial charge in [0.1, 0.15) is 0 Å². The molecule has 0 saturated carbocycles. The number of aromatic carboxylic acids is 1. The highest BCUT2D eigenvalue weighted by Crippen LogP contribution is 2.40. The monoisotopic (exact) mass is 647 g/mol. The van der Waals surface area contributed by atoms with Crippen LogP contribution in [0.3, 0.4) is 0 Å². The molecule has 1 unspecified atom stereocenters. The number of rotatable bonds is 9. The van der Waals surface area contributed by atoms with E-state index in [1.807, 2.05) is 0 Å². The van der Waals surface area contributed by atoms with E-state index >= 15 is 0 Å². The van der Waals surface area contributed by atoms with Gasteiger partial charge in [0, 0.05) is 17.1 Å². The summed E-state index contributed by atoms with van der Waals surface area (Å²) in [6.45, 7) is -0.307. The Hall–Kier alpha value is -3.44. The molecular weight excluding hydrogens is 628 g/mol. The summed E-state index contributed by atoms with van der Waals surface area (Å²) in [7, 11) is 0. The Morgan fingerprint density at radius 2 is 1.62 bits per heavy atom. The molecule has 4 N–H and O–H groups in total. The van der Waals surface area contributed by atoms with Gasteiger partial charge in [-0.2, -0.15) is 26.3 Å². The Morgan fingerprint density at radius 1 is 1.00 bits per heavy atom. The number of carbonyl (C=O) groups excluding carboxylic acids is 1. The fraction of sp³-hybridized carbons (Fsp3) is 0.192. The normalized spacial score (nSPS) is 15.9. The van der Waals surface area contributed by atoms with E-state index in [1.54, 1.807) is 0 Å². The summed E-state index contributed by atoms with van der Waals surface area (Å²) in [5.74, 6) is -1.63. The number of halogens is 6. The SMILES string of the molecule is O=C(O)c1ccc(NC(CO)CNN2C(=O)/C(=C/c3cc(-c4cc(C(F)(F)F)cc(C(F)(F)F)c4)cs3)SC2=S)cc1. The van der Waals surface area contributed by atoms with Crippen molar-refractivity contribution in [2.45, 2.75) is 18.4 Å². The maximum atomic E-state index is 13.3. The van der Waals surface area contributed by atoms with Crippen molar-refractivity contribution in [2.24, 2.45) is 0 Å². The van der Waals surface area contributed by atoms with Crippen LogP contribution in [0.4, 0.5) is 32.0 Å². The molecule has 2 aromatic carbocycles. The molecule has 7 nitrogen and oxygen atoms in total. The zero-order valence-corrected chi connectivity index (χ0v) is 23.4. The average molecular weight is 648 g/mol. The number of hydrazine groups is 1. The minimum atomic E-state index is -4.98. The molecule has 0 bridgehead atoms. The standard InChI is InChI=1S/C26H19F6N3O4S3/c27-25(28,29)16-5-14(6-17(8-16)26(30,31)32)15-7-20(41-12-15)9-21-22(37)35(24(40)42-21)33-10-19(11-36)34-18-3-1-13(2-4-18)23(38)39/h1-9,12,19,33-34,36H,10-11H2,(H,38,39)/b21-9-. The molecule has 42 heavy (non-hydrogen) atoms. The molecule has 3 aromatic rings. The minimum absolute atomic E-state index is 0.0388. The summed E-state index contributed by atoms with van der Waals surface area (Å²) in [5, 5.41) is 24.2. The van der Waals surface area contributed by atoms with Crippen LogP contribution in [0, 0.1) is 0 Å². The molecule has 0 radical (unpaired) electrons. The first-order chi connectivity index (χ1) is 19.7. The van der Waals surface area contributed by atoms with Gasteiger partial charge in [0.05, 0.1) is 34.2 Å². The number of amides is 1. The van der Waals surface area contributed by atoms with Crippen LogP contribution in [0.5, 0.6) is 0 Å². The third kappa shape index (κ3) is 7.49. The topological polar surface area (TPSA) is 102 Å². The summed E-state index contributed by atoms with van der Waals surface area (Å²) < 4.78 is 79.7. The fourth-order valence-electron chi connectivity index (χ4n) is 3.74. The molecule has 16 heteroatoms. The molecule has 1 aliphatic rings. The molecule has 1 amide bonds. The number of aliphatic hydroxyl groups is 1. The van der Waals surface area contributed by atoms with Gasteiger partial charge in [-0.3, -0.25) is 4.79 Å². The number of hydrogen-bond acceptors (Lipinski definition) is 8. The average Bonchev–Trinajstić information content (AvgIpc) is 3.49. The summed E-state index contributed by atoms with van der Waals surface area (Å²) in [5.41, 5.74) is 0.419. The van der Waals surface area contributed by atoms with Crippen LogP contribution >= 0.6 is 35.3 Å². The van der Waals surface area contributed by atoms with Crippen LogP contribution < -0.4 is 10.7 Å². The van der Waals surface area contributed by atoms with Crippen molar-refractivity contribution in [1.29, 1.82) is 0 Å². The van der Waals surface area contributed by atoms with Crippen LogP contribution in [-0.4, -0.2) is 50.6 Å². The number of benzene rings is 2. The zero-order valence-electron chi connectivity index (χ0n) is 20.9. The summed E-state index contributed by atoms with van der Waals surface area (Å²) in [6.07, 6.45) is -8.53. The molecule has 0 spiro atoms. The van der Waals surface area contributed by atoms with Crippen molar-refractivity contribution in [2.75, 3.05) is 18.5 Å². The number of hydrogen-bond donors (Lipinski definition) is 4. The van der Waals surface area contributed by atoms with Crippen molar-refractivity contribution in [3.8, 4) is 11.1 Å². The number of carboxylic acids is 1. The number of nitrogens with one attached hydrogen (secondary N) is 2. The first-order valence-corrected chi connectivity index (χ1v) is 13.9. The Kier molecular flexibility index (Phi) is 9.32. The van der Waals surface area contributed by atoms with Gasteiger partial charge in [-0.1, -0.05) is 24.0 Å². The van der Waals surface area contributed by atoms with Crippen LogP contribution in [0.25, 0.3) is 17.2 Å². The van der Waals surface area contributed by atoms with Gasteiger partial charge in [-0.05, 0) is 71.1 Å². The second kappa shape index (κ2) is 12.4. The van der Waals surface area contributed by atoms with Gasteiger partial charge < -0.3 is 15.5 Å². The molecule has 1 saturated heterocycles. The lowest BCUT2D eigenvalue weighted by atomic mass is 10.0. The summed E-state index contributed by atoms with van der Waals surface area (Å²) in [4.78, 5) is 24.5. The van der Waals surface area contributed by atoms with Crippen LogP contribution in [-0.2, 0) is 17.1 Å². The lowest BCUT2D eigenvalue weighted by Gasteiger charge is -2.22. The zero-order chi connectivity index (χ0) is 30.8. The van der Waals surface area contributed by atoms with Gasteiger partial charge in [-0.25, -0.2) is 15.2 Å². The first kappa shape index (κ1) is 31.5. The Labute approximate surface area is 247 Å². The number of thiophene rings is 1. The van der Waals surface area contributed by atoms with Crippen LogP contribution in [0.2, 0.25) is 0 Å². The third-order valence-electron chi connectivity index (χ3n) is 5.83. The Balaban J connectivity index is 1.46. The second-order valence-corrected chi connectivity index (χ2v) is 11.4. The van der Waals surface area contributed by atoms with E-state index in [-0.39, 0.29) is 45.1 Å². The fourth-order valence-corrected chi connectivity index (χ4v) is 5.87. The van der Waals surface area contributed by atoms with Crippen molar-refractivity contribution in [1.82, 2.24) is 10.4 Å². The summed E-state index contributed by atoms with van der Waals surface area (Å²) >= 11 is 7.22. The van der Waals surface area contributed by atoms with E-state index in [0.717, 1.165) is 28.1 Å². The minimum Gasteiger partial charge on any atom is -0.478 e. The number of thiocarbonyl (C=S) groups is 1. The van der Waals surface area contributed by atoms with Gasteiger partial charge >= 0.3 is 18.3 Å². The van der Waals surface area contributed by atoms with Gasteiger partial charge in [-0.15, -0.1) is 11.3 Å². The van der Waals surface area contributed by atoms with Crippen LogP contribution in [0.1, 0.15) is 26.4 Å². The van der Waals surface area contributed by atoms with E-state index in [2.05, 4.69) is 10.7 Å². The van der Waals surface area contributed by atoms with E-state index in [0.29, 0.717) is 22.7 Å². The molecule has 4 rings (SSSR count). The maximum Gasteiger partial charge on any atom is 0.416 e. The largest absolute Gasteiger partial charge is 0.478 e. The molecular formula is C26H19F6N3O4S3. The van der Waals surface area contributed by atoms with Gasteiger partial charge in [0.15, 0.2) is 4.32 Å². The van der Waals surface area contributed by atoms with Crippen LogP contribution in [0.15, 0.2) is 58.8 Å². The number of alkyl halides is 6. The highest BCUT2D eigenvalue weighted by atomic mass is 32.2. The highest BCUT2D eigenvalue weighted by molar-refractivity contribution is 8.26. The number of carboxylic acid groups (broad SMARTS) is 1. The summed E-state index contributed by atoms with van der Waals surface area (Å²) in [6, 6.07) is 7.92. The molecule has 0 aliphatic carbocycles. The van der Waals surface area contributed by atoms with Crippen molar-refractivity contribution >= 4 is 63.3 Å². The first-order valence-electron chi connectivity index (χ1n) is 11.8. The predicted molar refractivity (Wildman–Crippen MR) is 151 cm³/mol. The number of thioether (sulfide) groups is 1. The quantitative estimate of drug-likeness (QED) is 0.122. The van der Waals surface area contributed by atoms with E-state index in [1.165, 1.54) is 41.8 Å². The lowest BCUT2D eigenvalue weighted by Crippen LogP contribution is -2.47. The highest BCUT2D eigenvalue weighted by Gasteiger charge is 2.37. The molecule has 1 fully saturated rings. The Morgan fingerprint density at radius 3 is 2.17 bits per heavy atom. The van der Waals surface area contributed by atoms with Gasteiger partial charge in [0.2, 0.25) is 0 Å². The Bertz CT molecular complexity index is 1500.